The van der Waals surface area contributed by atoms with Gasteiger partial charge in [-0.2, -0.15) is 0 Å². The molecule has 0 aliphatic heterocycles. The number of benzene rings is 3. The van der Waals surface area contributed by atoms with Crippen LogP contribution in [0.1, 0.15) is 66.9 Å². The Morgan fingerprint density at radius 1 is 0.919 bits per heavy atom. The van der Waals surface area contributed by atoms with Crippen LogP contribution in [0.4, 0.5) is 0 Å². The molecule has 194 valence electrons. The highest BCUT2D eigenvalue weighted by atomic mass is 16.4. The van der Waals surface area contributed by atoms with Gasteiger partial charge < -0.3 is 16.2 Å². The second-order valence-corrected chi connectivity index (χ2v) is 11.2. The quantitative estimate of drug-likeness (QED) is 0.335. The van der Waals surface area contributed by atoms with Gasteiger partial charge >= 0.3 is 5.97 Å². The van der Waals surface area contributed by atoms with Crippen molar-refractivity contribution in [1.29, 1.82) is 0 Å². The summed E-state index contributed by atoms with van der Waals surface area (Å²) < 4.78 is 0. The van der Waals surface area contributed by atoms with E-state index in [4.69, 9.17) is 10.8 Å². The zero-order valence-corrected chi connectivity index (χ0v) is 21.8. The molecule has 0 bridgehead atoms. The Labute approximate surface area is 220 Å². The molecule has 5 heteroatoms. The van der Waals surface area contributed by atoms with Crippen LogP contribution in [0, 0.1) is 11.3 Å². The van der Waals surface area contributed by atoms with Crippen molar-refractivity contribution in [2.24, 2.45) is 17.1 Å². The number of amides is 1. The first-order valence-electron chi connectivity index (χ1n) is 13.2. The van der Waals surface area contributed by atoms with Gasteiger partial charge in [0.2, 0.25) is 0 Å². The van der Waals surface area contributed by atoms with E-state index in [9.17, 15) is 9.59 Å². The molecule has 3 aromatic carbocycles. The summed E-state index contributed by atoms with van der Waals surface area (Å²) in [5.74, 6) is -0.375. The fourth-order valence-corrected chi connectivity index (χ4v) is 5.37. The number of carboxylic acids is 1. The van der Waals surface area contributed by atoms with Gasteiger partial charge in [0.25, 0.3) is 5.91 Å². The number of hydrogen-bond donors (Lipinski definition) is 3. The van der Waals surface area contributed by atoms with E-state index in [1.165, 1.54) is 29.5 Å². The summed E-state index contributed by atoms with van der Waals surface area (Å²) in [6.45, 7) is 5.28. The molecule has 4 N–H and O–H groups in total. The Hall–Kier alpha value is -3.44. The minimum Gasteiger partial charge on any atom is -0.480 e. The van der Waals surface area contributed by atoms with Crippen molar-refractivity contribution < 1.29 is 14.7 Å². The summed E-state index contributed by atoms with van der Waals surface area (Å²) >= 11 is 0. The molecule has 0 unspecified atom stereocenters. The summed E-state index contributed by atoms with van der Waals surface area (Å²) in [6.07, 6.45) is 4.95. The van der Waals surface area contributed by atoms with Crippen molar-refractivity contribution in [3.8, 4) is 11.1 Å². The molecule has 0 saturated heterocycles. The van der Waals surface area contributed by atoms with Crippen molar-refractivity contribution in [1.82, 2.24) is 5.32 Å². The lowest BCUT2D eigenvalue weighted by Gasteiger charge is -2.38. The van der Waals surface area contributed by atoms with E-state index in [1.807, 2.05) is 6.07 Å². The SMILES string of the molecule is CC1(C)CCC([C@@H](CNC(=O)c2ccc(C[C@H](N)C(=O)O)cc2)c2ccc(-c3ccccc3)cc2)CC1. The molecule has 0 radical (unpaired) electrons. The molecule has 1 aliphatic rings. The van der Waals surface area contributed by atoms with E-state index in [-0.39, 0.29) is 18.2 Å². The van der Waals surface area contributed by atoms with Gasteiger partial charge in [0.1, 0.15) is 6.04 Å². The Morgan fingerprint density at radius 2 is 1.51 bits per heavy atom. The zero-order valence-electron chi connectivity index (χ0n) is 21.8. The fraction of sp³-hybridized carbons (Fsp3) is 0.375. The van der Waals surface area contributed by atoms with E-state index >= 15 is 0 Å². The van der Waals surface area contributed by atoms with Crippen LogP contribution in [-0.4, -0.2) is 29.6 Å². The highest BCUT2D eigenvalue weighted by Crippen LogP contribution is 2.43. The Balaban J connectivity index is 1.46. The number of hydrogen-bond acceptors (Lipinski definition) is 3. The molecular formula is C32H38N2O3. The average Bonchev–Trinajstić information content (AvgIpc) is 2.90. The van der Waals surface area contributed by atoms with E-state index < -0.39 is 12.0 Å². The third-order valence-corrected chi connectivity index (χ3v) is 7.87. The lowest BCUT2D eigenvalue weighted by atomic mass is 9.68. The van der Waals surface area contributed by atoms with Crippen molar-refractivity contribution in [2.45, 2.75) is 57.9 Å². The molecule has 3 aromatic rings. The number of carboxylic acid groups (broad SMARTS) is 1. The lowest BCUT2D eigenvalue weighted by molar-refractivity contribution is -0.138. The van der Waals surface area contributed by atoms with Gasteiger partial charge in [-0.3, -0.25) is 9.59 Å². The fourth-order valence-electron chi connectivity index (χ4n) is 5.37. The Kier molecular flexibility index (Phi) is 8.45. The average molecular weight is 499 g/mol. The predicted molar refractivity (Wildman–Crippen MR) is 148 cm³/mol. The molecule has 1 saturated carbocycles. The molecule has 37 heavy (non-hydrogen) atoms. The number of carbonyl (C=O) groups excluding carboxylic acids is 1. The van der Waals surface area contributed by atoms with Gasteiger partial charge in [0.15, 0.2) is 0 Å². The zero-order chi connectivity index (χ0) is 26.4. The van der Waals surface area contributed by atoms with Crippen LogP contribution >= 0.6 is 0 Å². The predicted octanol–water partition coefficient (Wildman–Crippen LogP) is 6.04. The van der Waals surface area contributed by atoms with Crippen molar-refractivity contribution in [3.63, 3.8) is 0 Å². The van der Waals surface area contributed by atoms with E-state index in [0.29, 0.717) is 23.4 Å². The van der Waals surface area contributed by atoms with Crippen LogP contribution < -0.4 is 11.1 Å². The first kappa shape index (κ1) is 26.6. The summed E-state index contributed by atoms with van der Waals surface area (Å²) in [6, 6.07) is 25.3. The van der Waals surface area contributed by atoms with Crippen LogP contribution in [-0.2, 0) is 11.2 Å². The number of aliphatic carboxylic acids is 1. The maximum absolute atomic E-state index is 13.0. The van der Waals surface area contributed by atoms with Crippen molar-refractivity contribution >= 4 is 11.9 Å². The minimum absolute atomic E-state index is 0.115. The van der Waals surface area contributed by atoms with Crippen molar-refractivity contribution in [2.75, 3.05) is 6.54 Å². The third kappa shape index (κ3) is 7.07. The second kappa shape index (κ2) is 11.7. The molecule has 2 atom stereocenters. The molecule has 5 nitrogen and oxygen atoms in total. The summed E-state index contributed by atoms with van der Waals surface area (Å²) in [5, 5.41) is 12.2. The van der Waals surface area contributed by atoms with Crippen LogP contribution in [0.5, 0.6) is 0 Å². The molecular weight excluding hydrogens is 460 g/mol. The number of nitrogens with two attached hydrogens (primary N) is 1. The van der Waals surface area contributed by atoms with E-state index in [1.54, 1.807) is 24.3 Å². The lowest BCUT2D eigenvalue weighted by Crippen LogP contribution is -2.34. The van der Waals surface area contributed by atoms with Gasteiger partial charge in [0.05, 0.1) is 0 Å². The topological polar surface area (TPSA) is 92.4 Å². The van der Waals surface area contributed by atoms with E-state index in [0.717, 1.165) is 18.4 Å². The standard InChI is InChI=1S/C32H38N2O3/c1-32(2)18-16-26(17-19-32)28(25-14-12-24(13-15-25)23-6-4-3-5-7-23)21-34-30(35)27-10-8-22(9-11-27)20-29(33)31(36)37/h3-15,26,28-29H,16-21,33H2,1-2H3,(H,34,35)(H,36,37)/t28-,29-/m0/s1. The number of nitrogens with one attached hydrogen (secondary N) is 1. The van der Waals surface area contributed by atoms with Crippen molar-refractivity contribution in [3.05, 3.63) is 95.6 Å². The van der Waals surface area contributed by atoms with Crippen LogP contribution in [0.2, 0.25) is 0 Å². The molecule has 0 aromatic heterocycles. The molecule has 4 rings (SSSR count). The smallest absolute Gasteiger partial charge is 0.320 e. The van der Waals surface area contributed by atoms with Crippen LogP contribution in [0.25, 0.3) is 11.1 Å². The molecule has 0 spiro atoms. The highest BCUT2D eigenvalue weighted by molar-refractivity contribution is 5.94. The van der Waals surface area contributed by atoms with Crippen LogP contribution in [0.15, 0.2) is 78.9 Å². The van der Waals surface area contributed by atoms with Gasteiger partial charge in [-0.15, -0.1) is 0 Å². The number of carbonyl (C=O) groups is 2. The summed E-state index contributed by atoms with van der Waals surface area (Å²) in [5.41, 5.74) is 11.0. The monoisotopic (exact) mass is 498 g/mol. The summed E-state index contributed by atoms with van der Waals surface area (Å²) in [7, 11) is 0. The molecule has 1 amide bonds. The largest absolute Gasteiger partial charge is 0.480 e. The Morgan fingerprint density at radius 3 is 2.11 bits per heavy atom. The third-order valence-electron chi connectivity index (χ3n) is 7.87. The second-order valence-electron chi connectivity index (χ2n) is 11.2. The van der Waals surface area contributed by atoms with E-state index in [2.05, 4.69) is 67.7 Å². The molecule has 0 heterocycles. The maximum Gasteiger partial charge on any atom is 0.320 e. The molecule has 1 fully saturated rings. The van der Waals surface area contributed by atoms with Crippen LogP contribution in [0.3, 0.4) is 0 Å². The van der Waals surface area contributed by atoms with Gasteiger partial charge in [-0.25, -0.2) is 0 Å². The summed E-state index contributed by atoms with van der Waals surface area (Å²) in [4.78, 5) is 24.0. The maximum atomic E-state index is 13.0. The van der Waals surface area contributed by atoms with Gasteiger partial charge in [-0.1, -0.05) is 80.6 Å². The Bertz CT molecular complexity index is 1180. The van der Waals surface area contributed by atoms with Gasteiger partial charge in [-0.05, 0) is 77.8 Å². The highest BCUT2D eigenvalue weighted by Gasteiger charge is 2.32. The normalized spacial score (nSPS) is 17.1. The first-order chi connectivity index (χ1) is 17.7. The van der Waals surface area contributed by atoms with Gasteiger partial charge in [0, 0.05) is 18.0 Å². The number of rotatable bonds is 9. The molecule has 1 aliphatic carbocycles. The first-order valence-corrected chi connectivity index (χ1v) is 13.2. The minimum atomic E-state index is -1.03.